The third-order valence-corrected chi connectivity index (χ3v) is 5.35. The zero-order valence-electron chi connectivity index (χ0n) is 11.4. The molecule has 0 spiro atoms. The van der Waals surface area contributed by atoms with Crippen LogP contribution in [0.3, 0.4) is 0 Å². The predicted octanol–water partition coefficient (Wildman–Crippen LogP) is 0.166. The molecule has 0 aliphatic rings. The van der Waals surface area contributed by atoms with Crippen molar-refractivity contribution >= 4 is 14.0 Å². The molecule has 18 heavy (non-hydrogen) atoms. The zero-order valence-corrected chi connectivity index (χ0v) is 12.4. The number of nitrogens with one attached hydrogen (secondary N) is 1. The van der Waals surface area contributed by atoms with E-state index in [-0.39, 0.29) is 6.17 Å². The number of hydrogen-bond acceptors (Lipinski definition) is 5. The molecule has 0 radical (unpaired) electrons. The maximum Gasteiger partial charge on any atom is 0.536 e. The van der Waals surface area contributed by atoms with Crippen molar-refractivity contribution in [3.8, 4) is 0 Å². The lowest BCUT2D eigenvalue weighted by molar-refractivity contribution is 0.140. The van der Waals surface area contributed by atoms with Gasteiger partial charge in [0.05, 0.1) is 6.17 Å². The minimum absolute atomic E-state index is 0.0390. The van der Waals surface area contributed by atoms with Gasteiger partial charge in [0.15, 0.2) is 0 Å². The number of nitrogens with two attached hydrogens (primary N) is 1. The van der Waals surface area contributed by atoms with E-state index in [4.69, 9.17) is 19.0 Å². The first-order valence-electron chi connectivity index (χ1n) is 5.81. The Morgan fingerprint density at radius 2 is 1.83 bits per heavy atom. The Kier molecular flexibility index (Phi) is 5.93. The number of hydrogen-bond donors (Lipinski definition) is 2. The quantitative estimate of drug-likeness (QED) is 0.546. The molecule has 5 nitrogen and oxygen atoms in total. The highest BCUT2D eigenvalue weighted by molar-refractivity contribution is 6.75. The highest BCUT2D eigenvalue weighted by Crippen LogP contribution is 2.08. The van der Waals surface area contributed by atoms with E-state index in [1.807, 2.05) is 31.2 Å². The van der Waals surface area contributed by atoms with E-state index in [1.54, 1.807) is 21.3 Å². The molecule has 0 aliphatic carbocycles. The Hall–Kier alpha value is -0.763. The van der Waals surface area contributed by atoms with Gasteiger partial charge in [0.2, 0.25) is 0 Å². The third kappa shape index (κ3) is 3.61. The van der Waals surface area contributed by atoms with Crippen LogP contribution in [0, 0.1) is 0 Å². The summed E-state index contributed by atoms with van der Waals surface area (Å²) in [4.78, 5) is 0. The summed E-state index contributed by atoms with van der Waals surface area (Å²) >= 11 is 0. The lowest BCUT2D eigenvalue weighted by Gasteiger charge is -2.25. The SMILES string of the molecule is CO[Si](OC)(OC)c1cccc(CNC(C)N)c1. The Morgan fingerprint density at radius 1 is 1.22 bits per heavy atom. The van der Waals surface area contributed by atoms with Crippen molar-refractivity contribution < 1.29 is 13.3 Å². The van der Waals surface area contributed by atoms with Crippen molar-refractivity contribution in [2.45, 2.75) is 19.6 Å². The topological polar surface area (TPSA) is 65.7 Å². The molecule has 1 aromatic rings. The molecule has 0 bridgehead atoms. The molecule has 1 rings (SSSR count). The van der Waals surface area contributed by atoms with Gasteiger partial charge in [-0.2, -0.15) is 0 Å². The van der Waals surface area contributed by atoms with Crippen molar-refractivity contribution in [2.24, 2.45) is 5.73 Å². The average molecular weight is 270 g/mol. The van der Waals surface area contributed by atoms with Crippen LogP contribution in [-0.2, 0) is 19.8 Å². The summed E-state index contributed by atoms with van der Waals surface area (Å²) in [7, 11) is 2.07. The minimum atomic E-state index is -2.74. The smallest absolute Gasteiger partial charge is 0.373 e. The van der Waals surface area contributed by atoms with Crippen LogP contribution < -0.4 is 16.2 Å². The maximum absolute atomic E-state index is 5.67. The van der Waals surface area contributed by atoms with Crippen LogP contribution >= 0.6 is 0 Å². The summed E-state index contributed by atoms with van der Waals surface area (Å²) in [6.07, 6.45) is -0.0390. The first-order valence-corrected chi connectivity index (χ1v) is 7.54. The second kappa shape index (κ2) is 6.98. The summed E-state index contributed by atoms with van der Waals surface area (Å²) in [5, 5.41) is 4.11. The number of rotatable bonds is 7. The van der Waals surface area contributed by atoms with Gasteiger partial charge in [0.25, 0.3) is 0 Å². The average Bonchev–Trinajstić information content (AvgIpc) is 2.40. The monoisotopic (exact) mass is 270 g/mol. The molecule has 0 amide bonds. The summed E-state index contributed by atoms with van der Waals surface area (Å²) in [5.74, 6) is 0. The molecule has 6 heteroatoms. The molecule has 0 saturated heterocycles. The molecule has 102 valence electrons. The first-order chi connectivity index (χ1) is 8.57. The molecule has 0 aromatic heterocycles. The van der Waals surface area contributed by atoms with Crippen molar-refractivity contribution in [3.63, 3.8) is 0 Å². The van der Waals surface area contributed by atoms with Crippen LogP contribution in [0.5, 0.6) is 0 Å². The molecule has 1 atom stereocenters. The van der Waals surface area contributed by atoms with Crippen molar-refractivity contribution in [1.82, 2.24) is 5.32 Å². The van der Waals surface area contributed by atoms with Crippen LogP contribution in [0.4, 0.5) is 0 Å². The Labute approximate surface area is 110 Å². The Bertz CT molecular complexity index is 362. The van der Waals surface area contributed by atoms with Gasteiger partial charge in [-0.3, -0.25) is 5.32 Å². The van der Waals surface area contributed by atoms with E-state index in [9.17, 15) is 0 Å². The van der Waals surface area contributed by atoms with Gasteiger partial charge in [-0.15, -0.1) is 0 Å². The van der Waals surface area contributed by atoms with E-state index in [2.05, 4.69) is 5.32 Å². The van der Waals surface area contributed by atoms with Gasteiger partial charge >= 0.3 is 8.80 Å². The van der Waals surface area contributed by atoms with Crippen LogP contribution in [0.25, 0.3) is 0 Å². The third-order valence-electron chi connectivity index (χ3n) is 2.71. The van der Waals surface area contributed by atoms with Gasteiger partial charge in [-0.1, -0.05) is 24.3 Å². The number of benzene rings is 1. The van der Waals surface area contributed by atoms with Gasteiger partial charge in [0.1, 0.15) is 0 Å². The highest BCUT2D eigenvalue weighted by Gasteiger charge is 2.40. The van der Waals surface area contributed by atoms with Gasteiger partial charge in [-0.25, -0.2) is 0 Å². The fourth-order valence-corrected chi connectivity index (χ4v) is 3.62. The molecular weight excluding hydrogens is 248 g/mol. The van der Waals surface area contributed by atoms with Gasteiger partial charge < -0.3 is 19.0 Å². The molecular formula is C12H22N2O3Si. The highest BCUT2D eigenvalue weighted by atomic mass is 28.4. The van der Waals surface area contributed by atoms with Crippen LogP contribution in [0.1, 0.15) is 12.5 Å². The van der Waals surface area contributed by atoms with Gasteiger partial charge in [-0.05, 0) is 12.5 Å². The summed E-state index contributed by atoms with van der Waals surface area (Å²) < 4.78 is 16.4. The molecule has 0 aliphatic heterocycles. The predicted molar refractivity (Wildman–Crippen MR) is 73.3 cm³/mol. The van der Waals surface area contributed by atoms with Crippen LogP contribution in [0.2, 0.25) is 0 Å². The molecule has 0 heterocycles. The van der Waals surface area contributed by atoms with Gasteiger partial charge in [0, 0.05) is 33.1 Å². The van der Waals surface area contributed by atoms with E-state index >= 15 is 0 Å². The second-order valence-corrected chi connectivity index (χ2v) is 6.95. The molecule has 0 fully saturated rings. The summed E-state index contributed by atoms with van der Waals surface area (Å²) in [5.41, 5.74) is 6.78. The standard InChI is InChI=1S/C12H22N2O3Si/c1-10(13)14-9-11-6-5-7-12(8-11)18(15-2,16-3)17-4/h5-8,10,14H,9,13H2,1-4H3. The fraction of sp³-hybridized carbons (Fsp3) is 0.500. The van der Waals surface area contributed by atoms with Crippen LogP contribution in [-0.4, -0.2) is 36.3 Å². The van der Waals surface area contributed by atoms with E-state index in [0.717, 1.165) is 10.8 Å². The van der Waals surface area contributed by atoms with Crippen molar-refractivity contribution in [3.05, 3.63) is 29.8 Å². The van der Waals surface area contributed by atoms with Crippen molar-refractivity contribution in [1.29, 1.82) is 0 Å². The molecule has 0 saturated carbocycles. The van der Waals surface area contributed by atoms with E-state index in [1.165, 1.54) is 0 Å². The van der Waals surface area contributed by atoms with E-state index in [0.29, 0.717) is 6.54 Å². The molecule has 3 N–H and O–H groups in total. The maximum atomic E-state index is 5.67. The fourth-order valence-electron chi connectivity index (χ4n) is 1.75. The molecule has 1 aromatic carbocycles. The lowest BCUT2D eigenvalue weighted by atomic mass is 10.2. The Balaban J connectivity index is 2.92. The largest absolute Gasteiger partial charge is 0.536 e. The normalized spacial score (nSPS) is 13.6. The summed E-state index contributed by atoms with van der Waals surface area (Å²) in [6.45, 7) is 2.61. The second-order valence-electron chi connectivity index (χ2n) is 4.04. The molecule has 1 unspecified atom stereocenters. The first kappa shape index (κ1) is 15.3. The lowest BCUT2D eigenvalue weighted by Crippen LogP contribution is -2.54. The summed E-state index contributed by atoms with van der Waals surface area (Å²) in [6, 6.07) is 7.97. The van der Waals surface area contributed by atoms with Crippen molar-refractivity contribution in [2.75, 3.05) is 21.3 Å². The minimum Gasteiger partial charge on any atom is -0.373 e. The van der Waals surface area contributed by atoms with E-state index < -0.39 is 8.80 Å². The van der Waals surface area contributed by atoms with Crippen LogP contribution in [0.15, 0.2) is 24.3 Å². The Morgan fingerprint density at radius 3 is 2.33 bits per heavy atom. The zero-order chi connectivity index (χ0) is 13.6.